The van der Waals surface area contributed by atoms with Gasteiger partial charge in [-0.05, 0) is 17.7 Å². The van der Waals surface area contributed by atoms with Crippen molar-refractivity contribution in [1.82, 2.24) is 15.0 Å². The number of hydrogen-bond donors (Lipinski definition) is 2. The topological polar surface area (TPSA) is 89.9 Å². The Bertz CT molecular complexity index is 677. The normalized spacial score (nSPS) is 10.8. The van der Waals surface area contributed by atoms with E-state index in [0.717, 1.165) is 22.2 Å². The van der Waals surface area contributed by atoms with Crippen molar-refractivity contribution in [3.63, 3.8) is 0 Å². The van der Waals surface area contributed by atoms with Crippen molar-refractivity contribution in [3.05, 3.63) is 37.0 Å². The van der Waals surface area contributed by atoms with E-state index < -0.39 is 0 Å². The second-order valence-electron chi connectivity index (χ2n) is 4.05. The van der Waals surface area contributed by atoms with Gasteiger partial charge < -0.3 is 15.5 Å². The summed E-state index contributed by atoms with van der Waals surface area (Å²) in [6.45, 7) is 1.21. The molecular weight excluding hydrogens is 242 g/mol. The van der Waals surface area contributed by atoms with Crippen LogP contribution in [-0.2, 0) is 0 Å². The molecule has 0 radical (unpaired) electrons. The third kappa shape index (κ3) is 2.38. The van der Waals surface area contributed by atoms with Gasteiger partial charge in [0.05, 0.1) is 0 Å². The summed E-state index contributed by atoms with van der Waals surface area (Å²) in [5.41, 5.74) is 8.92. The first-order chi connectivity index (χ1) is 9.36. The van der Waals surface area contributed by atoms with Crippen LogP contribution in [0.15, 0.2) is 41.4 Å². The fraction of sp³-hybridized carbons (Fsp3) is 0.154. The predicted octanol–water partition coefficient (Wildman–Crippen LogP) is 1.66. The van der Waals surface area contributed by atoms with Gasteiger partial charge in [-0.25, -0.2) is 15.0 Å². The molecule has 0 bridgehead atoms. The second kappa shape index (κ2) is 5.03. The molecule has 0 fully saturated rings. The highest BCUT2D eigenvalue weighted by molar-refractivity contribution is 5.79. The third-order valence-electron chi connectivity index (χ3n) is 2.74. The number of hydrogen-bond acceptors (Lipinski definition) is 6. The quantitative estimate of drug-likeness (QED) is 0.736. The Morgan fingerprint density at radius 1 is 1.11 bits per heavy atom. The Kier molecular flexibility index (Phi) is 3.07. The van der Waals surface area contributed by atoms with Crippen LogP contribution in [0.5, 0.6) is 0 Å². The van der Waals surface area contributed by atoms with E-state index in [9.17, 15) is 0 Å². The van der Waals surface area contributed by atoms with Crippen LogP contribution in [0, 0.1) is 0 Å². The van der Waals surface area contributed by atoms with E-state index in [1.165, 1.54) is 6.39 Å². The Labute approximate surface area is 109 Å². The molecule has 19 heavy (non-hydrogen) atoms. The third-order valence-corrected chi connectivity index (χ3v) is 2.74. The molecule has 3 aromatic rings. The summed E-state index contributed by atoms with van der Waals surface area (Å²) < 4.78 is 5.28. The number of nitrogens with zero attached hydrogens (tertiary/aromatic N) is 3. The van der Waals surface area contributed by atoms with E-state index in [1.807, 2.05) is 18.2 Å². The van der Waals surface area contributed by atoms with E-state index in [0.29, 0.717) is 19.0 Å². The van der Waals surface area contributed by atoms with Gasteiger partial charge in [-0.2, -0.15) is 0 Å². The zero-order valence-corrected chi connectivity index (χ0v) is 10.2. The Hall–Kier alpha value is -2.47. The fourth-order valence-corrected chi connectivity index (χ4v) is 1.79. The molecule has 6 heteroatoms. The maximum Gasteiger partial charge on any atom is 0.222 e. The molecule has 0 saturated carbocycles. The van der Waals surface area contributed by atoms with Crippen molar-refractivity contribution < 1.29 is 4.42 Å². The average Bonchev–Trinajstić information content (AvgIpc) is 2.93. The minimum Gasteiger partial charge on any atom is -0.443 e. The largest absolute Gasteiger partial charge is 0.443 e. The summed E-state index contributed by atoms with van der Waals surface area (Å²) in [5, 5.41) is 3.02. The van der Waals surface area contributed by atoms with Crippen molar-refractivity contribution in [1.29, 1.82) is 0 Å². The highest BCUT2D eigenvalue weighted by Gasteiger charge is 2.04. The van der Waals surface area contributed by atoms with Crippen LogP contribution in [0.3, 0.4) is 0 Å². The van der Waals surface area contributed by atoms with Crippen molar-refractivity contribution in [2.24, 2.45) is 5.73 Å². The average molecular weight is 255 g/mol. The molecular formula is C13H13N5O. The number of nitrogens with two attached hydrogens (primary N) is 1. The first-order valence-corrected chi connectivity index (χ1v) is 5.96. The molecule has 1 aromatic carbocycles. The Morgan fingerprint density at radius 3 is 2.74 bits per heavy atom. The Morgan fingerprint density at radius 2 is 1.95 bits per heavy atom. The second-order valence-corrected chi connectivity index (χ2v) is 4.05. The standard InChI is InChI=1S/C13H13N5O/c14-3-4-15-13-16-6-10(7-17-13)9-1-2-11-12(5-9)19-8-18-11/h1-2,5-8H,3-4,14H2,(H,15,16,17). The number of oxazole rings is 1. The number of nitrogens with one attached hydrogen (secondary N) is 1. The molecule has 0 unspecified atom stereocenters. The lowest BCUT2D eigenvalue weighted by Gasteiger charge is -2.04. The molecule has 96 valence electrons. The van der Waals surface area contributed by atoms with Gasteiger partial charge in [0, 0.05) is 31.0 Å². The van der Waals surface area contributed by atoms with Crippen molar-refractivity contribution in [2.75, 3.05) is 18.4 Å². The molecule has 3 N–H and O–H groups in total. The minimum atomic E-state index is 0.549. The number of fused-ring (bicyclic) bond motifs is 1. The van der Waals surface area contributed by atoms with Crippen molar-refractivity contribution in [3.8, 4) is 11.1 Å². The molecule has 0 aliphatic rings. The summed E-state index contributed by atoms with van der Waals surface area (Å²) in [6, 6.07) is 5.80. The maximum atomic E-state index is 5.41. The summed E-state index contributed by atoms with van der Waals surface area (Å²) in [7, 11) is 0. The maximum absolute atomic E-state index is 5.41. The molecule has 0 spiro atoms. The first kappa shape index (κ1) is 11.6. The van der Waals surface area contributed by atoms with Crippen LogP contribution < -0.4 is 11.1 Å². The van der Waals surface area contributed by atoms with Crippen LogP contribution in [0.4, 0.5) is 5.95 Å². The fourth-order valence-electron chi connectivity index (χ4n) is 1.79. The smallest absolute Gasteiger partial charge is 0.222 e. The monoisotopic (exact) mass is 255 g/mol. The minimum absolute atomic E-state index is 0.549. The van der Waals surface area contributed by atoms with Crippen LogP contribution in [0.25, 0.3) is 22.2 Å². The first-order valence-electron chi connectivity index (χ1n) is 5.96. The van der Waals surface area contributed by atoms with Gasteiger partial charge >= 0.3 is 0 Å². The van der Waals surface area contributed by atoms with E-state index in [1.54, 1.807) is 12.4 Å². The van der Waals surface area contributed by atoms with Crippen LogP contribution in [0.1, 0.15) is 0 Å². The molecule has 3 rings (SSSR count). The lowest BCUT2D eigenvalue weighted by Crippen LogP contribution is -2.14. The van der Waals surface area contributed by atoms with E-state index >= 15 is 0 Å². The summed E-state index contributed by atoms with van der Waals surface area (Å²) >= 11 is 0. The summed E-state index contributed by atoms with van der Waals surface area (Å²) in [6.07, 6.45) is 4.97. The summed E-state index contributed by atoms with van der Waals surface area (Å²) in [4.78, 5) is 12.6. The molecule has 0 amide bonds. The van der Waals surface area contributed by atoms with Crippen molar-refractivity contribution in [2.45, 2.75) is 0 Å². The highest BCUT2D eigenvalue weighted by atomic mass is 16.3. The zero-order chi connectivity index (χ0) is 13.1. The lowest BCUT2D eigenvalue weighted by molar-refractivity contribution is 0.602. The van der Waals surface area contributed by atoms with Crippen LogP contribution in [-0.4, -0.2) is 28.0 Å². The number of benzene rings is 1. The van der Waals surface area contributed by atoms with Gasteiger partial charge in [0.2, 0.25) is 5.95 Å². The summed E-state index contributed by atoms with van der Waals surface area (Å²) in [5.74, 6) is 0.579. The van der Waals surface area contributed by atoms with Crippen molar-refractivity contribution >= 4 is 17.0 Å². The molecule has 2 heterocycles. The molecule has 0 saturated heterocycles. The molecule has 0 aliphatic carbocycles. The highest BCUT2D eigenvalue weighted by Crippen LogP contribution is 2.23. The number of anilines is 1. The molecule has 2 aromatic heterocycles. The van der Waals surface area contributed by atoms with Crippen LogP contribution >= 0.6 is 0 Å². The van der Waals surface area contributed by atoms with E-state index in [4.69, 9.17) is 10.2 Å². The van der Waals surface area contributed by atoms with Gasteiger partial charge in [-0.1, -0.05) is 6.07 Å². The lowest BCUT2D eigenvalue weighted by atomic mass is 10.1. The number of aromatic nitrogens is 3. The molecule has 6 nitrogen and oxygen atoms in total. The molecule has 0 atom stereocenters. The Balaban J connectivity index is 1.88. The van der Waals surface area contributed by atoms with Gasteiger partial charge in [0.25, 0.3) is 0 Å². The predicted molar refractivity (Wildman–Crippen MR) is 72.6 cm³/mol. The van der Waals surface area contributed by atoms with Gasteiger partial charge in [0.1, 0.15) is 5.52 Å². The van der Waals surface area contributed by atoms with E-state index in [-0.39, 0.29) is 0 Å². The van der Waals surface area contributed by atoms with Gasteiger partial charge in [-0.15, -0.1) is 0 Å². The van der Waals surface area contributed by atoms with E-state index in [2.05, 4.69) is 20.3 Å². The number of rotatable bonds is 4. The van der Waals surface area contributed by atoms with Crippen LogP contribution in [0.2, 0.25) is 0 Å². The van der Waals surface area contributed by atoms with Gasteiger partial charge in [0.15, 0.2) is 12.0 Å². The SMILES string of the molecule is NCCNc1ncc(-c2ccc3ncoc3c2)cn1. The molecule has 0 aliphatic heterocycles. The zero-order valence-electron chi connectivity index (χ0n) is 10.2. The van der Waals surface area contributed by atoms with Gasteiger partial charge in [-0.3, -0.25) is 0 Å².